The van der Waals surface area contributed by atoms with Crippen LogP contribution in [0.25, 0.3) is 5.69 Å². The summed E-state index contributed by atoms with van der Waals surface area (Å²) in [4.78, 5) is 22.3. The van der Waals surface area contributed by atoms with Crippen LogP contribution in [-0.2, 0) is 9.53 Å². The molecular weight excluding hydrogens is 305 g/mol. The lowest BCUT2D eigenvalue weighted by atomic mass is 10.2. The molecule has 0 aliphatic rings. The van der Waals surface area contributed by atoms with Crippen LogP contribution in [0.3, 0.4) is 0 Å². The SMILES string of the molecule is Cc1cn(-c2ccc(F)cc2)nc1C(=O)NCCOCC(=O)O. The van der Waals surface area contributed by atoms with E-state index in [-0.39, 0.29) is 30.6 Å². The molecule has 0 atom stereocenters. The topological polar surface area (TPSA) is 93.5 Å². The lowest BCUT2D eigenvalue weighted by Gasteiger charge is -2.04. The van der Waals surface area contributed by atoms with Crippen LogP contribution >= 0.6 is 0 Å². The van der Waals surface area contributed by atoms with E-state index in [9.17, 15) is 14.0 Å². The minimum absolute atomic E-state index is 0.0930. The number of aryl methyl sites for hydroxylation is 1. The summed E-state index contributed by atoms with van der Waals surface area (Å²) < 4.78 is 19.2. The van der Waals surface area contributed by atoms with Crippen molar-refractivity contribution in [2.45, 2.75) is 6.92 Å². The number of carbonyl (C=O) groups excluding carboxylic acids is 1. The number of halogens is 1. The van der Waals surface area contributed by atoms with Crippen LogP contribution < -0.4 is 5.32 Å². The molecule has 2 aromatic rings. The van der Waals surface area contributed by atoms with Crippen molar-refractivity contribution in [1.82, 2.24) is 15.1 Å². The van der Waals surface area contributed by atoms with Gasteiger partial charge in [-0.25, -0.2) is 13.9 Å². The summed E-state index contributed by atoms with van der Waals surface area (Å²) in [7, 11) is 0. The summed E-state index contributed by atoms with van der Waals surface area (Å²) in [5.74, 6) is -1.80. The number of aliphatic carboxylic acids is 1. The van der Waals surface area contributed by atoms with E-state index >= 15 is 0 Å². The summed E-state index contributed by atoms with van der Waals surface area (Å²) >= 11 is 0. The second-order valence-electron chi connectivity index (χ2n) is 4.78. The third-order valence-electron chi connectivity index (χ3n) is 2.96. The fourth-order valence-electron chi connectivity index (χ4n) is 1.89. The maximum atomic E-state index is 12.9. The van der Waals surface area contributed by atoms with Crippen molar-refractivity contribution in [2.75, 3.05) is 19.8 Å². The van der Waals surface area contributed by atoms with Crippen LogP contribution in [0.15, 0.2) is 30.5 Å². The van der Waals surface area contributed by atoms with Gasteiger partial charge >= 0.3 is 5.97 Å². The molecule has 1 heterocycles. The number of carboxylic acids is 1. The average Bonchev–Trinajstić information content (AvgIpc) is 2.89. The molecule has 0 fully saturated rings. The number of amides is 1. The Kier molecular flexibility index (Phi) is 5.42. The summed E-state index contributed by atoms with van der Waals surface area (Å²) in [5.41, 5.74) is 1.55. The molecule has 122 valence electrons. The molecule has 0 radical (unpaired) electrons. The van der Waals surface area contributed by atoms with E-state index in [0.717, 1.165) is 0 Å². The first-order valence-electron chi connectivity index (χ1n) is 6.87. The van der Waals surface area contributed by atoms with Crippen molar-refractivity contribution in [3.05, 3.63) is 47.5 Å². The number of nitrogens with one attached hydrogen (secondary N) is 1. The van der Waals surface area contributed by atoms with Crippen LogP contribution in [0.5, 0.6) is 0 Å². The zero-order valence-corrected chi connectivity index (χ0v) is 12.5. The molecule has 0 saturated heterocycles. The van der Waals surface area contributed by atoms with Gasteiger partial charge < -0.3 is 15.2 Å². The van der Waals surface area contributed by atoms with Gasteiger partial charge in [0, 0.05) is 18.3 Å². The monoisotopic (exact) mass is 321 g/mol. The van der Waals surface area contributed by atoms with Gasteiger partial charge in [-0.3, -0.25) is 4.79 Å². The van der Waals surface area contributed by atoms with Gasteiger partial charge in [-0.15, -0.1) is 0 Å². The van der Waals surface area contributed by atoms with Gasteiger partial charge in [-0.1, -0.05) is 0 Å². The Morgan fingerprint density at radius 1 is 1.35 bits per heavy atom. The van der Waals surface area contributed by atoms with Gasteiger partial charge in [0.05, 0.1) is 12.3 Å². The Hall–Kier alpha value is -2.74. The molecule has 0 unspecified atom stereocenters. The predicted molar refractivity (Wildman–Crippen MR) is 79.0 cm³/mol. The first-order chi connectivity index (χ1) is 11.0. The number of aromatic nitrogens is 2. The fraction of sp³-hybridized carbons (Fsp3) is 0.267. The zero-order valence-electron chi connectivity index (χ0n) is 12.5. The Labute approximate surface area is 131 Å². The number of carboxylic acid groups (broad SMARTS) is 1. The highest BCUT2D eigenvalue weighted by molar-refractivity contribution is 5.93. The van der Waals surface area contributed by atoms with E-state index in [4.69, 9.17) is 9.84 Å². The highest BCUT2D eigenvalue weighted by Crippen LogP contribution is 2.12. The molecule has 0 aliphatic carbocycles. The Bertz CT molecular complexity index is 697. The van der Waals surface area contributed by atoms with Gasteiger partial charge in [-0.2, -0.15) is 5.10 Å². The summed E-state index contributed by atoms with van der Waals surface area (Å²) in [6.45, 7) is 1.60. The first kappa shape index (κ1) is 16.6. The quantitative estimate of drug-likeness (QED) is 0.746. The average molecular weight is 321 g/mol. The van der Waals surface area contributed by atoms with E-state index in [1.54, 1.807) is 25.3 Å². The molecule has 0 spiro atoms. The highest BCUT2D eigenvalue weighted by Gasteiger charge is 2.14. The summed E-state index contributed by atoms with van der Waals surface area (Å²) in [6, 6.07) is 5.74. The number of ether oxygens (including phenoxy) is 1. The van der Waals surface area contributed by atoms with Crippen LogP contribution in [0, 0.1) is 12.7 Å². The predicted octanol–water partition coefficient (Wildman–Crippen LogP) is 1.15. The standard InChI is InChI=1S/C15H16FN3O4/c1-10-8-19(12-4-2-11(16)3-5-12)18-14(10)15(22)17-6-7-23-9-13(20)21/h2-5,8H,6-7,9H2,1H3,(H,17,22)(H,20,21). The van der Waals surface area contributed by atoms with Crippen molar-refractivity contribution in [3.63, 3.8) is 0 Å². The lowest BCUT2D eigenvalue weighted by Crippen LogP contribution is -2.28. The number of benzene rings is 1. The number of carbonyl (C=O) groups is 2. The highest BCUT2D eigenvalue weighted by atomic mass is 19.1. The van der Waals surface area contributed by atoms with Crippen LogP contribution in [0.2, 0.25) is 0 Å². The first-order valence-corrected chi connectivity index (χ1v) is 6.87. The Morgan fingerprint density at radius 3 is 2.70 bits per heavy atom. The summed E-state index contributed by atoms with van der Waals surface area (Å²) in [6.07, 6.45) is 1.67. The minimum atomic E-state index is -1.06. The molecule has 2 rings (SSSR count). The van der Waals surface area contributed by atoms with E-state index in [1.807, 2.05) is 0 Å². The molecule has 0 saturated carbocycles. The number of rotatable bonds is 7. The van der Waals surface area contributed by atoms with E-state index in [2.05, 4.69) is 10.4 Å². The van der Waals surface area contributed by atoms with Crippen LogP contribution in [0.4, 0.5) is 4.39 Å². The smallest absolute Gasteiger partial charge is 0.329 e. The molecule has 7 nitrogen and oxygen atoms in total. The molecule has 0 aliphatic heterocycles. The molecule has 23 heavy (non-hydrogen) atoms. The van der Waals surface area contributed by atoms with Crippen molar-refractivity contribution in [2.24, 2.45) is 0 Å². The van der Waals surface area contributed by atoms with Crippen molar-refractivity contribution >= 4 is 11.9 Å². The minimum Gasteiger partial charge on any atom is -0.480 e. The Balaban J connectivity index is 1.96. The molecule has 1 aromatic carbocycles. The molecular formula is C15H16FN3O4. The summed E-state index contributed by atoms with van der Waals surface area (Å²) in [5, 5.41) is 15.2. The lowest BCUT2D eigenvalue weighted by molar-refractivity contribution is -0.142. The zero-order chi connectivity index (χ0) is 16.8. The number of hydrogen-bond donors (Lipinski definition) is 2. The van der Waals surface area contributed by atoms with Crippen molar-refractivity contribution in [1.29, 1.82) is 0 Å². The molecule has 0 bridgehead atoms. The third-order valence-corrected chi connectivity index (χ3v) is 2.96. The van der Waals surface area contributed by atoms with E-state index in [1.165, 1.54) is 16.8 Å². The van der Waals surface area contributed by atoms with Gasteiger partial charge in [-0.05, 0) is 31.2 Å². The Morgan fingerprint density at radius 2 is 2.04 bits per heavy atom. The number of nitrogens with zero attached hydrogens (tertiary/aromatic N) is 2. The van der Waals surface area contributed by atoms with Gasteiger partial charge in [0.25, 0.3) is 5.91 Å². The van der Waals surface area contributed by atoms with Crippen LogP contribution in [0.1, 0.15) is 16.1 Å². The maximum absolute atomic E-state index is 12.9. The number of hydrogen-bond acceptors (Lipinski definition) is 4. The van der Waals surface area contributed by atoms with Gasteiger partial charge in [0.2, 0.25) is 0 Å². The largest absolute Gasteiger partial charge is 0.480 e. The maximum Gasteiger partial charge on any atom is 0.329 e. The molecule has 1 aromatic heterocycles. The van der Waals surface area contributed by atoms with Gasteiger partial charge in [0.15, 0.2) is 5.69 Å². The molecule has 8 heteroatoms. The third kappa shape index (κ3) is 4.62. The molecule has 2 N–H and O–H groups in total. The van der Waals surface area contributed by atoms with Crippen molar-refractivity contribution in [3.8, 4) is 5.69 Å². The normalized spacial score (nSPS) is 10.5. The van der Waals surface area contributed by atoms with Crippen molar-refractivity contribution < 1.29 is 23.8 Å². The van der Waals surface area contributed by atoms with E-state index in [0.29, 0.717) is 11.3 Å². The molecule has 1 amide bonds. The fourth-order valence-corrected chi connectivity index (χ4v) is 1.89. The van der Waals surface area contributed by atoms with Gasteiger partial charge in [0.1, 0.15) is 12.4 Å². The van der Waals surface area contributed by atoms with Crippen LogP contribution in [-0.4, -0.2) is 46.5 Å². The van der Waals surface area contributed by atoms with E-state index < -0.39 is 12.6 Å². The second-order valence-corrected chi connectivity index (χ2v) is 4.78. The second kappa shape index (κ2) is 7.50.